The first-order valence-electron chi connectivity index (χ1n) is 8.57. The van der Waals surface area contributed by atoms with Crippen LogP contribution < -0.4 is 14.8 Å². The molecule has 0 unspecified atom stereocenters. The van der Waals surface area contributed by atoms with Gasteiger partial charge in [-0.1, -0.05) is 19.1 Å². The van der Waals surface area contributed by atoms with E-state index >= 15 is 0 Å². The van der Waals surface area contributed by atoms with E-state index in [1.165, 1.54) is 6.07 Å². The van der Waals surface area contributed by atoms with Gasteiger partial charge in [0.2, 0.25) is 10.0 Å². The van der Waals surface area contributed by atoms with Crippen molar-refractivity contribution < 1.29 is 22.7 Å². The lowest BCUT2D eigenvalue weighted by Gasteiger charge is -2.11. The number of anilines is 2. The Morgan fingerprint density at radius 3 is 2.52 bits per heavy atom. The fourth-order valence-corrected chi connectivity index (χ4v) is 3.46. The Morgan fingerprint density at radius 1 is 1.04 bits per heavy atom. The van der Waals surface area contributed by atoms with Crippen molar-refractivity contribution in [2.75, 3.05) is 36.1 Å². The molecule has 0 spiro atoms. The van der Waals surface area contributed by atoms with Gasteiger partial charge in [-0.2, -0.15) is 0 Å². The standard InChI is InChI=1S/C19H24N2O5S/c1-3-12-27(23,24)21-17-8-4-6-15(13-17)19(22)20-16-7-5-9-18(14-16)26-11-10-25-2/h4-9,13-14,21H,3,10-12H2,1-2H3,(H,20,22). The molecular weight excluding hydrogens is 368 g/mol. The second-order valence-corrected chi connectivity index (χ2v) is 7.67. The molecule has 8 heteroatoms. The van der Waals surface area contributed by atoms with Crippen LogP contribution in [0.2, 0.25) is 0 Å². The highest BCUT2D eigenvalue weighted by atomic mass is 32.2. The maximum atomic E-state index is 12.5. The minimum Gasteiger partial charge on any atom is -0.491 e. The van der Waals surface area contributed by atoms with Gasteiger partial charge in [-0.15, -0.1) is 0 Å². The van der Waals surface area contributed by atoms with Crippen molar-refractivity contribution in [3.8, 4) is 5.75 Å². The summed E-state index contributed by atoms with van der Waals surface area (Å²) in [6.45, 7) is 2.67. The van der Waals surface area contributed by atoms with E-state index in [1.807, 2.05) is 0 Å². The van der Waals surface area contributed by atoms with Crippen molar-refractivity contribution in [2.24, 2.45) is 0 Å². The summed E-state index contributed by atoms with van der Waals surface area (Å²) in [5, 5.41) is 2.78. The molecule has 2 aromatic rings. The van der Waals surface area contributed by atoms with Gasteiger partial charge < -0.3 is 14.8 Å². The van der Waals surface area contributed by atoms with Crippen LogP contribution in [0.1, 0.15) is 23.7 Å². The van der Waals surface area contributed by atoms with Gasteiger partial charge in [0.05, 0.1) is 12.4 Å². The van der Waals surface area contributed by atoms with Crippen LogP contribution in [0.25, 0.3) is 0 Å². The van der Waals surface area contributed by atoms with Crippen LogP contribution in [0.3, 0.4) is 0 Å². The molecule has 0 aliphatic heterocycles. The SMILES string of the molecule is CCCS(=O)(=O)Nc1cccc(C(=O)Nc2cccc(OCCOC)c2)c1. The summed E-state index contributed by atoms with van der Waals surface area (Å²) >= 11 is 0. The molecule has 0 aliphatic rings. The molecule has 2 rings (SSSR count). The second kappa shape index (κ2) is 9.94. The third kappa shape index (κ3) is 6.92. The Bertz CT molecular complexity index is 868. The van der Waals surface area contributed by atoms with Crippen LogP contribution in [0.4, 0.5) is 11.4 Å². The summed E-state index contributed by atoms with van der Waals surface area (Å²) in [6.07, 6.45) is 0.512. The average molecular weight is 392 g/mol. The van der Waals surface area contributed by atoms with Crippen molar-refractivity contribution in [3.63, 3.8) is 0 Å². The van der Waals surface area contributed by atoms with E-state index in [4.69, 9.17) is 9.47 Å². The first kappa shape index (κ1) is 20.7. The molecule has 146 valence electrons. The van der Waals surface area contributed by atoms with Crippen molar-refractivity contribution in [3.05, 3.63) is 54.1 Å². The van der Waals surface area contributed by atoms with Crippen molar-refractivity contribution in [1.29, 1.82) is 0 Å². The van der Waals surface area contributed by atoms with Gasteiger partial charge in [0.25, 0.3) is 5.91 Å². The lowest BCUT2D eigenvalue weighted by atomic mass is 10.2. The molecule has 7 nitrogen and oxygen atoms in total. The van der Waals surface area contributed by atoms with Gasteiger partial charge >= 0.3 is 0 Å². The van der Waals surface area contributed by atoms with Gasteiger partial charge in [-0.3, -0.25) is 9.52 Å². The Balaban J connectivity index is 2.06. The number of carbonyl (C=O) groups is 1. The number of sulfonamides is 1. The topological polar surface area (TPSA) is 93.7 Å². The normalized spacial score (nSPS) is 11.0. The molecule has 27 heavy (non-hydrogen) atoms. The van der Waals surface area contributed by atoms with Crippen LogP contribution in [0, 0.1) is 0 Å². The zero-order valence-electron chi connectivity index (χ0n) is 15.4. The highest BCUT2D eigenvalue weighted by Crippen LogP contribution is 2.19. The Morgan fingerprint density at radius 2 is 1.78 bits per heavy atom. The fraction of sp³-hybridized carbons (Fsp3) is 0.316. The van der Waals surface area contributed by atoms with Gasteiger partial charge in [-0.25, -0.2) is 8.42 Å². The van der Waals surface area contributed by atoms with E-state index in [0.29, 0.717) is 42.3 Å². The van der Waals surface area contributed by atoms with Gasteiger partial charge in [0.15, 0.2) is 0 Å². The van der Waals surface area contributed by atoms with E-state index in [1.54, 1.807) is 56.5 Å². The van der Waals surface area contributed by atoms with E-state index < -0.39 is 10.0 Å². The molecule has 0 saturated carbocycles. The van der Waals surface area contributed by atoms with E-state index in [0.717, 1.165) is 0 Å². The molecule has 0 fully saturated rings. The minimum atomic E-state index is -3.41. The smallest absolute Gasteiger partial charge is 0.255 e. The highest BCUT2D eigenvalue weighted by molar-refractivity contribution is 7.92. The molecule has 0 heterocycles. The summed E-state index contributed by atoms with van der Waals surface area (Å²) in [5.74, 6) is 0.297. The Labute approximate surface area is 159 Å². The fourth-order valence-electron chi connectivity index (χ4n) is 2.33. The second-order valence-electron chi connectivity index (χ2n) is 5.82. The number of hydrogen-bond acceptors (Lipinski definition) is 5. The van der Waals surface area contributed by atoms with Crippen LogP contribution in [-0.2, 0) is 14.8 Å². The number of nitrogens with one attached hydrogen (secondary N) is 2. The van der Waals surface area contributed by atoms with E-state index in [9.17, 15) is 13.2 Å². The first-order valence-corrected chi connectivity index (χ1v) is 10.2. The molecule has 1 amide bonds. The van der Waals surface area contributed by atoms with Crippen LogP contribution >= 0.6 is 0 Å². The number of hydrogen-bond donors (Lipinski definition) is 2. The van der Waals surface area contributed by atoms with Gasteiger partial charge in [-0.05, 0) is 36.8 Å². The number of amides is 1. The van der Waals surface area contributed by atoms with E-state index in [-0.39, 0.29) is 11.7 Å². The molecule has 0 bridgehead atoms. The third-order valence-corrected chi connectivity index (χ3v) is 5.01. The lowest BCUT2D eigenvalue weighted by molar-refractivity contribution is 0.102. The van der Waals surface area contributed by atoms with E-state index in [2.05, 4.69) is 10.0 Å². The zero-order chi connectivity index (χ0) is 19.7. The predicted octanol–water partition coefficient (Wildman–Crippen LogP) is 3.12. The monoisotopic (exact) mass is 392 g/mol. The molecular formula is C19H24N2O5S. The number of ether oxygens (including phenoxy) is 2. The quantitative estimate of drug-likeness (QED) is 0.606. The summed E-state index contributed by atoms with van der Waals surface area (Å²) in [7, 11) is -1.82. The average Bonchev–Trinajstić information content (AvgIpc) is 2.62. The predicted molar refractivity (Wildman–Crippen MR) is 106 cm³/mol. The molecule has 0 aromatic heterocycles. The van der Waals surface area contributed by atoms with Gasteiger partial charge in [0, 0.05) is 30.1 Å². The summed E-state index contributed by atoms with van der Waals surface area (Å²) < 4.78 is 36.7. The highest BCUT2D eigenvalue weighted by Gasteiger charge is 2.12. The number of rotatable bonds is 10. The third-order valence-electron chi connectivity index (χ3n) is 3.52. The minimum absolute atomic E-state index is 0.0271. The number of benzene rings is 2. The first-order chi connectivity index (χ1) is 12.9. The Kier molecular flexibility index (Phi) is 7.63. The maximum Gasteiger partial charge on any atom is 0.255 e. The van der Waals surface area contributed by atoms with Gasteiger partial charge in [0.1, 0.15) is 12.4 Å². The Hall–Kier alpha value is -2.58. The van der Waals surface area contributed by atoms with Crippen molar-refractivity contribution in [1.82, 2.24) is 0 Å². The van der Waals surface area contributed by atoms with Crippen LogP contribution in [0.15, 0.2) is 48.5 Å². The largest absolute Gasteiger partial charge is 0.491 e. The molecule has 0 radical (unpaired) electrons. The molecule has 2 aromatic carbocycles. The summed E-state index contributed by atoms with van der Waals surface area (Å²) in [6, 6.07) is 13.4. The van der Waals surface area contributed by atoms with Crippen LogP contribution in [-0.4, -0.2) is 40.4 Å². The van der Waals surface area contributed by atoms with Crippen LogP contribution in [0.5, 0.6) is 5.75 Å². The number of methoxy groups -OCH3 is 1. The molecule has 0 atom stereocenters. The zero-order valence-corrected chi connectivity index (χ0v) is 16.2. The molecule has 0 saturated heterocycles. The van der Waals surface area contributed by atoms with Crippen molar-refractivity contribution >= 4 is 27.3 Å². The number of carbonyl (C=O) groups excluding carboxylic acids is 1. The maximum absolute atomic E-state index is 12.5. The summed E-state index contributed by atoms with van der Waals surface area (Å²) in [4.78, 5) is 12.5. The molecule has 0 aliphatic carbocycles. The molecule has 2 N–H and O–H groups in total. The lowest BCUT2D eigenvalue weighted by Crippen LogP contribution is -2.17. The van der Waals surface area contributed by atoms with Crippen molar-refractivity contribution in [2.45, 2.75) is 13.3 Å². The summed E-state index contributed by atoms with van der Waals surface area (Å²) in [5.41, 5.74) is 1.28.